The fraction of sp³-hybridized carbons (Fsp3) is 0.367. The highest BCUT2D eigenvalue weighted by molar-refractivity contribution is 6.00. The molecule has 39 heavy (non-hydrogen) atoms. The van der Waals surface area contributed by atoms with Crippen LogP contribution < -0.4 is 10.6 Å². The summed E-state index contributed by atoms with van der Waals surface area (Å²) >= 11 is 0. The van der Waals surface area contributed by atoms with E-state index in [1.165, 1.54) is 24.5 Å². The molecule has 1 saturated heterocycles. The Labute approximate surface area is 228 Å². The van der Waals surface area contributed by atoms with Crippen LogP contribution >= 0.6 is 0 Å². The third-order valence-electron chi connectivity index (χ3n) is 7.31. The van der Waals surface area contributed by atoms with Crippen molar-refractivity contribution in [3.05, 3.63) is 94.6 Å². The summed E-state index contributed by atoms with van der Waals surface area (Å²) in [4.78, 5) is 34.9. The van der Waals surface area contributed by atoms with Crippen LogP contribution in [0.4, 0.5) is 10.1 Å². The number of nitrogens with two attached hydrogens (primary N) is 1. The molecule has 1 fully saturated rings. The Hall–Kier alpha value is -3.82. The average Bonchev–Trinajstić information content (AvgIpc) is 2.92. The summed E-state index contributed by atoms with van der Waals surface area (Å²) in [5, 5.41) is 11.4. The predicted octanol–water partition coefficient (Wildman–Crippen LogP) is 3.35. The fourth-order valence-corrected chi connectivity index (χ4v) is 5.10. The standard InChI is InChI=1S/C30H36FN5O3/c1-5-20-6-11-26(25(14-20)29(38)34(3)4)36-13-12-35(18-27(36)21-7-9-24(31)10-8-21)19-30(2,39)23-15-22(28(32)37)16-33-17-23/h6-11,14-17,27,39H,5,12-13,18-19H2,1-4H3,(H2,32,37)/t27-,30+/m0/s1. The van der Waals surface area contributed by atoms with Crippen LogP contribution in [0.25, 0.3) is 0 Å². The van der Waals surface area contributed by atoms with Gasteiger partial charge in [-0.1, -0.05) is 25.1 Å². The zero-order valence-corrected chi connectivity index (χ0v) is 22.9. The lowest BCUT2D eigenvalue weighted by atomic mass is 9.93. The zero-order chi connectivity index (χ0) is 28.3. The van der Waals surface area contributed by atoms with Crippen LogP contribution in [0.5, 0.6) is 0 Å². The Balaban J connectivity index is 1.68. The molecule has 2 atom stereocenters. The number of primary amides is 1. The van der Waals surface area contributed by atoms with Gasteiger partial charge in [0.25, 0.3) is 5.91 Å². The van der Waals surface area contributed by atoms with Gasteiger partial charge in [-0.05, 0) is 54.8 Å². The molecule has 8 nitrogen and oxygen atoms in total. The summed E-state index contributed by atoms with van der Waals surface area (Å²) in [5.41, 5.74) is 8.26. The monoisotopic (exact) mass is 533 g/mol. The first-order valence-electron chi connectivity index (χ1n) is 13.1. The van der Waals surface area contributed by atoms with Gasteiger partial charge in [0, 0.05) is 58.2 Å². The first-order chi connectivity index (χ1) is 18.5. The summed E-state index contributed by atoms with van der Waals surface area (Å²) < 4.78 is 13.8. The molecule has 0 spiro atoms. The minimum absolute atomic E-state index is 0.0784. The first kappa shape index (κ1) is 28.2. The van der Waals surface area contributed by atoms with Crippen LogP contribution in [0.15, 0.2) is 60.9 Å². The number of anilines is 1. The number of nitrogens with zero attached hydrogens (tertiary/aromatic N) is 4. The minimum Gasteiger partial charge on any atom is -0.384 e. The summed E-state index contributed by atoms with van der Waals surface area (Å²) in [6.45, 7) is 5.74. The van der Waals surface area contributed by atoms with Crippen LogP contribution in [0, 0.1) is 5.82 Å². The lowest BCUT2D eigenvalue weighted by Gasteiger charge is -2.45. The predicted molar refractivity (Wildman–Crippen MR) is 149 cm³/mol. The number of piperazine rings is 1. The van der Waals surface area contributed by atoms with Gasteiger partial charge in [0.05, 0.1) is 22.9 Å². The van der Waals surface area contributed by atoms with Gasteiger partial charge in [0.1, 0.15) is 11.4 Å². The summed E-state index contributed by atoms with van der Waals surface area (Å²) in [6, 6.07) is 13.8. The number of halogens is 1. The highest BCUT2D eigenvalue weighted by Crippen LogP contribution is 2.35. The van der Waals surface area contributed by atoms with Crippen molar-refractivity contribution in [2.45, 2.75) is 31.9 Å². The molecule has 3 N–H and O–H groups in total. The van der Waals surface area contributed by atoms with Gasteiger partial charge in [-0.15, -0.1) is 0 Å². The molecule has 2 amide bonds. The van der Waals surface area contributed by atoms with E-state index < -0.39 is 11.5 Å². The van der Waals surface area contributed by atoms with E-state index in [1.54, 1.807) is 44.1 Å². The molecule has 1 aliphatic rings. The van der Waals surface area contributed by atoms with Gasteiger partial charge < -0.3 is 20.6 Å². The molecule has 0 radical (unpaired) electrons. The first-order valence-corrected chi connectivity index (χ1v) is 13.1. The number of aromatic nitrogens is 1. The fourth-order valence-electron chi connectivity index (χ4n) is 5.10. The molecule has 1 aromatic heterocycles. The van der Waals surface area contributed by atoms with E-state index in [0.29, 0.717) is 30.8 Å². The van der Waals surface area contributed by atoms with Crippen molar-refractivity contribution in [2.24, 2.45) is 5.73 Å². The van der Waals surface area contributed by atoms with E-state index in [0.717, 1.165) is 23.2 Å². The van der Waals surface area contributed by atoms with Gasteiger partial charge in [0.15, 0.2) is 0 Å². The third-order valence-corrected chi connectivity index (χ3v) is 7.31. The number of rotatable bonds is 8. The normalized spacial score (nSPS) is 17.5. The molecule has 9 heteroatoms. The Morgan fingerprint density at radius 1 is 1.13 bits per heavy atom. The lowest BCUT2D eigenvalue weighted by molar-refractivity contribution is 0.00998. The molecule has 0 saturated carbocycles. The minimum atomic E-state index is -1.30. The highest BCUT2D eigenvalue weighted by atomic mass is 19.1. The topological polar surface area (TPSA) is 103 Å². The molecule has 0 aliphatic carbocycles. The van der Waals surface area contributed by atoms with E-state index in [-0.39, 0.29) is 29.9 Å². The van der Waals surface area contributed by atoms with E-state index in [1.807, 2.05) is 18.2 Å². The second-order valence-corrected chi connectivity index (χ2v) is 10.5. The molecule has 2 aromatic carbocycles. The van der Waals surface area contributed by atoms with Crippen molar-refractivity contribution in [3.8, 4) is 0 Å². The summed E-state index contributed by atoms with van der Waals surface area (Å²) in [5.74, 6) is -1.01. The number of aryl methyl sites for hydroxylation is 1. The molecule has 4 rings (SSSR count). The van der Waals surface area contributed by atoms with Crippen molar-refractivity contribution < 1.29 is 19.1 Å². The third kappa shape index (κ3) is 6.26. The van der Waals surface area contributed by atoms with Crippen molar-refractivity contribution >= 4 is 17.5 Å². The Morgan fingerprint density at radius 3 is 2.49 bits per heavy atom. The average molecular weight is 534 g/mol. The number of benzene rings is 2. The Kier molecular flexibility index (Phi) is 8.32. The number of hydrogen-bond acceptors (Lipinski definition) is 6. The molecule has 206 valence electrons. The number of hydrogen-bond donors (Lipinski definition) is 2. The van der Waals surface area contributed by atoms with Gasteiger partial charge in [-0.2, -0.15) is 0 Å². The van der Waals surface area contributed by atoms with Crippen molar-refractivity contribution in [1.29, 1.82) is 0 Å². The van der Waals surface area contributed by atoms with Crippen LogP contribution in [0.2, 0.25) is 0 Å². The van der Waals surface area contributed by atoms with E-state index in [2.05, 4.69) is 21.7 Å². The maximum Gasteiger partial charge on any atom is 0.255 e. The molecule has 1 aliphatic heterocycles. The van der Waals surface area contributed by atoms with Crippen LogP contribution in [0.1, 0.15) is 57.3 Å². The number of amides is 2. The number of β-amino-alcohol motifs (C(OH)–C–C–N with tert-alkyl or cyclic N) is 1. The maximum atomic E-state index is 13.8. The quantitative estimate of drug-likeness (QED) is 0.460. The SMILES string of the molecule is CCc1ccc(N2CCN(C[C@@](C)(O)c3cncc(C(N)=O)c3)C[C@H]2c2ccc(F)cc2)c(C(=O)N(C)C)c1. The molecule has 3 aromatic rings. The van der Waals surface area contributed by atoms with Crippen LogP contribution in [0.3, 0.4) is 0 Å². The molecular weight excluding hydrogens is 497 g/mol. The zero-order valence-electron chi connectivity index (χ0n) is 22.9. The number of aliphatic hydroxyl groups is 1. The van der Waals surface area contributed by atoms with E-state index >= 15 is 0 Å². The molecular formula is C30H36FN5O3. The largest absolute Gasteiger partial charge is 0.384 e. The lowest BCUT2D eigenvalue weighted by Crippen LogP contribution is -2.52. The van der Waals surface area contributed by atoms with Crippen LogP contribution in [-0.4, -0.2) is 72.0 Å². The number of carbonyl (C=O) groups excluding carboxylic acids is 2. The summed E-state index contributed by atoms with van der Waals surface area (Å²) in [7, 11) is 3.48. The van der Waals surface area contributed by atoms with Crippen LogP contribution in [-0.2, 0) is 12.0 Å². The number of carbonyl (C=O) groups is 2. The van der Waals surface area contributed by atoms with Gasteiger partial charge in [0.2, 0.25) is 5.91 Å². The Bertz CT molecular complexity index is 1340. The summed E-state index contributed by atoms with van der Waals surface area (Å²) in [6.07, 6.45) is 3.72. The van der Waals surface area contributed by atoms with Crippen molar-refractivity contribution in [3.63, 3.8) is 0 Å². The smallest absolute Gasteiger partial charge is 0.255 e. The molecule has 0 unspecified atom stereocenters. The van der Waals surface area contributed by atoms with Crippen molar-refractivity contribution in [1.82, 2.24) is 14.8 Å². The maximum absolute atomic E-state index is 13.8. The van der Waals surface area contributed by atoms with E-state index in [4.69, 9.17) is 5.73 Å². The second kappa shape index (κ2) is 11.5. The van der Waals surface area contributed by atoms with Gasteiger partial charge in [-0.25, -0.2) is 4.39 Å². The molecule has 0 bridgehead atoms. The Morgan fingerprint density at radius 2 is 1.85 bits per heavy atom. The van der Waals surface area contributed by atoms with Crippen molar-refractivity contribution in [2.75, 3.05) is 45.2 Å². The second-order valence-electron chi connectivity index (χ2n) is 10.5. The van der Waals surface area contributed by atoms with Gasteiger partial charge >= 0.3 is 0 Å². The molecule has 2 heterocycles. The highest BCUT2D eigenvalue weighted by Gasteiger charge is 2.35. The van der Waals surface area contributed by atoms with Gasteiger partial charge in [-0.3, -0.25) is 19.5 Å². The van der Waals surface area contributed by atoms with E-state index in [9.17, 15) is 19.1 Å². The number of pyridine rings is 1.